The van der Waals surface area contributed by atoms with E-state index >= 15 is 0 Å². The van der Waals surface area contributed by atoms with Gasteiger partial charge in [0.05, 0.1) is 18.9 Å². The normalized spacial score (nSPS) is 16.4. The highest BCUT2D eigenvalue weighted by Gasteiger charge is 2.30. The number of Topliss-reactive ketones (excluding diaryl/α,β-unsaturated/α-hetero) is 1. The molecule has 1 aromatic heterocycles. The SMILES string of the molecule is COc1cccc2[nH]c(C(=O)CC(CC(C)C)C(=O)NC(C#N)CC3CC(=O)Nc4ccccc43)cc12. The molecule has 0 saturated heterocycles. The molecule has 8 nitrogen and oxygen atoms in total. The Morgan fingerprint density at radius 2 is 1.97 bits per heavy atom. The van der Waals surface area contributed by atoms with Gasteiger partial charge < -0.3 is 20.4 Å². The fourth-order valence-electron chi connectivity index (χ4n) is 5.07. The largest absolute Gasteiger partial charge is 0.496 e. The number of carbonyl (C=O) groups excluding carboxylic acids is 3. The zero-order chi connectivity index (χ0) is 26.5. The highest BCUT2D eigenvalue weighted by Crippen LogP contribution is 2.35. The number of amides is 2. The van der Waals surface area contributed by atoms with Crippen molar-refractivity contribution in [2.75, 3.05) is 12.4 Å². The zero-order valence-corrected chi connectivity index (χ0v) is 21.3. The van der Waals surface area contributed by atoms with E-state index < -0.39 is 12.0 Å². The summed E-state index contributed by atoms with van der Waals surface area (Å²) in [6.45, 7) is 4.00. The molecule has 3 aromatic rings. The molecule has 2 amide bonds. The van der Waals surface area contributed by atoms with Gasteiger partial charge in [-0.15, -0.1) is 0 Å². The molecule has 1 aliphatic heterocycles. The molecular formula is C29H32N4O4. The van der Waals surface area contributed by atoms with Crippen molar-refractivity contribution in [1.29, 1.82) is 5.26 Å². The van der Waals surface area contributed by atoms with Crippen molar-refractivity contribution in [2.45, 2.75) is 51.5 Å². The maximum Gasteiger partial charge on any atom is 0.224 e. The minimum atomic E-state index is -0.779. The molecule has 0 radical (unpaired) electrons. The van der Waals surface area contributed by atoms with Gasteiger partial charge >= 0.3 is 0 Å². The number of hydrogen-bond acceptors (Lipinski definition) is 5. The van der Waals surface area contributed by atoms with Crippen molar-refractivity contribution < 1.29 is 19.1 Å². The summed E-state index contributed by atoms with van der Waals surface area (Å²) in [4.78, 5) is 41.8. The van der Waals surface area contributed by atoms with Crippen LogP contribution in [-0.2, 0) is 9.59 Å². The summed E-state index contributed by atoms with van der Waals surface area (Å²) < 4.78 is 5.39. The fourth-order valence-corrected chi connectivity index (χ4v) is 5.07. The third-order valence-corrected chi connectivity index (χ3v) is 6.80. The van der Waals surface area contributed by atoms with E-state index in [0.717, 1.165) is 22.2 Å². The number of para-hydroxylation sites is 1. The van der Waals surface area contributed by atoms with Crippen LogP contribution in [0.5, 0.6) is 5.75 Å². The van der Waals surface area contributed by atoms with Gasteiger partial charge in [-0.05, 0) is 54.5 Å². The first-order chi connectivity index (χ1) is 17.8. The Morgan fingerprint density at radius 3 is 2.70 bits per heavy atom. The summed E-state index contributed by atoms with van der Waals surface area (Å²) >= 11 is 0. The van der Waals surface area contributed by atoms with Crippen molar-refractivity contribution in [2.24, 2.45) is 11.8 Å². The molecule has 3 atom stereocenters. The van der Waals surface area contributed by atoms with Crippen LogP contribution in [0.2, 0.25) is 0 Å². The molecular weight excluding hydrogens is 468 g/mol. The summed E-state index contributed by atoms with van der Waals surface area (Å²) in [5.41, 5.74) is 2.90. The van der Waals surface area contributed by atoms with Crippen LogP contribution in [0.15, 0.2) is 48.5 Å². The van der Waals surface area contributed by atoms with Crippen molar-refractivity contribution in [1.82, 2.24) is 10.3 Å². The number of ketones is 1. The van der Waals surface area contributed by atoms with Crippen LogP contribution in [0, 0.1) is 23.2 Å². The molecule has 2 aromatic carbocycles. The van der Waals surface area contributed by atoms with Gasteiger partial charge in [-0.2, -0.15) is 5.26 Å². The van der Waals surface area contributed by atoms with Crippen LogP contribution < -0.4 is 15.4 Å². The van der Waals surface area contributed by atoms with Crippen molar-refractivity contribution in [3.8, 4) is 11.8 Å². The molecule has 0 fully saturated rings. The Kier molecular flexibility index (Phi) is 7.92. The van der Waals surface area contributed by atoms with Crippen molar-refractivity contribution in [3.63, 3.8) is 0 Å². The summed E-state index contributed by atoms with van der Waals surface area (Å²) in [6.07, 6.45) is 1.10. The molecule has 2 heterocycles. The second kappa shape index (κ2) is 11.3. The molecule has 0 bridgehead atoms. The Bertz CT molecular complexity index is 1350. The first kappa shape index (κ1) is 26.0. The molecule has 3 N–H and O–H groups in total. The molecule has 4 rings (SSSR count). The van der Waals surface area contributed by atoms with E-state index in [1.807, 2.05) is 56.3 Å². The molecule has 3 unspecified atom stereocenters. The Labute approximate surface area is 216 Å². The number of H-pyrrole nitrogens is 1. The molecule has 192 valence electrons. The Morgan fingerprint density at radius 1 is 1.19 bits per heavy atom. The van der Waals surface area contributed by atoms with E-state index in [2.05, 4.69) is 21.7 Å². The van der Waals surface area contributed by atoms with E-state index in [4.69, 9.17) is 4.74 Å². The highest BCUT2D eigenvalue weighted by atomic mass is 16.5. The van der Waals surface area contributed by atoms with Gasteiger partial charge in [0, 0.05) is 35.3 Å². The maximum absolute atomic E-state index is 13.3. The number of nitrogens with zero attached hydrogens (tertiary/aromatic N) is 1. The third kappa shape index (κ3) is 6.00. The minimum Gasteiger partial charge on any atom is -0.496 e. The fraction of sp³-hybridized carbons (Fsp3) is 0.379. The van der Waals surface area contributed by atoms with Gasteiger partial charge in [0.15, 0.2) is 5.78 Å². The Balaban J connectivity index is 1.47. The van der Waals surface area contributed by atoms with E-state index in [1.165, 1.54) is 0 Å². The highest BCUT2D eigenvalue weighted by molar-refractivity contribution is 6.02. The summed E-state index contributed by atoms with van der Waals surface area (Å²) in [6, 6.07) is 16.2. The quantitative estimate of drug-likeness (QED) is 0.340. The Hall–Kier alpha value is -4.12. The number of methoxy groups -OCH3 is 1. The number of aromatic amines is 1. The number of nitriles is 1. The van der Waals surface area contributed by atoms with E-state index in [-0.39, 0.29) is 42.3 Å². The molecule has 0 aliphatic carbocycles. The number of anilines is 1. The lowest BCUT2D eigenvalue weighted by atomic mass is 9.85. The summed E-state index contributed by atoms with van der Waals surface area (Å²) in [7, 11) is 1.58. The van der Waals surface area contributed by atoms with Crippen molar-refractivity contribution in [3.05, 3.63) is 59.8 Å². The first-order valence-electron chi connectivity index (χ1n) is 12.6. The number of fused-ring (bicyclic) bond motifs is 2. The smallest absolute Gasteiger partial charge is 0.224 e. The van der Waals surface area contributed by atoms with Crippen molar-refractivity contribution >= 4 is 34.2 Å². The van der Waals surface area contributed by atoms with E-state index in [0.29, 0.717) is 24.3 Å². The lowest BCUT2D eigenvalue weighted by Gasteiger charge is -2.28. The molecule has 8 heteroatoms. The van der Waals surface area contributed by atoms with Crippen LogP contribution in [0.3, 0.4) is 0 Å². The number of aromatic nitrogens is 1. The van der Waals surface area contributed by atoms with Crippen LogP contribution in [0.1, 0.15) is 61.5 Å². The van der Waals surface area contributed by atoms with Gasteiger partial charge in [0.25, 0.3) is 0 Å². The van der Waals surface area contributed by atoms with Gasteiger partial charge in [-0.3, -0.25) is 14.4 Å². The number of benzene rings is 2. The maximum atomic E-state index is 13.3. The topological polar surface area (TPSA) is 124 Å². The average molecular weight is 501 g/mol. The molecule has 1 aliphatic rings. The predicted octanol–water partition coefficient (Wildman–Crippen LogP) is 4.94. The summed E-state index contributed by atoms with van der Waals surface area (Å²) in [5.74, 6) is -0.522. The molecule has 0 saturated carbocycles. The van der Waals surface area contributed by atoms with Crippen LogP contribution in [0.4, 0.5) is 5.69 Å². The van der Waals surface area contributed by atoms with E-state index in [9.17, 15) is 19.6 Å². The van der Waals surface area contributed by atoms with Gasteiger partial charge in [-0.25, -0.2) is 0 Å². The monoisotopic (exact) mass is 500 g/mol. The van der Waals surface area contributed by atoms with Gasteiger partial charge in [0.2, 0.25) is 11.8 Å². The number of hydrogen-bond donors (Lipinski definition) is 3. The second-order valence-electron chi connectivity index (χ2n) is 10.0. The van der Waals surface area contributed by atoms with Crippen LogP contribution in [0.25, 0.3) is 10.9 Å². The standard InChI is InChI=1S/C29H32N4O4/c1-17(2)11-19(13-26(34)25-15-22-24(32-25)9-6-10-27(22)37-3)29(36)31-20(16-30)12-18-14-28(35)33-23-8-5-4-7-21(18)23/h4-10,15,17-20,32H,11-14H2,1-3H3,(H,31,36)(H,33,35). The molecule has 0 spiro atoms. The number of rotatable bonds is 10. The summed E-state index contributed by atoms with van der Waals surface area (Å²) in [5, 5.41) is 16.3. The molecule has 37 heavy (non-hydrogen) atoms. The number of nitrogens with one attached hydrogen (secondary N) is 3. The average Bonchev–Trinajstić information content (AvgIpc) is 3.32. The predicted molar refractivity (Wildman–Crippen MR) is 141 cm³/mol. The van der Waals surface area contributed by atoms with E-state index in [1.54, 1.807) is 13.2 Å². The number of carbonyl (C=O) groups is 3. The number of ether oxygens (including phenoxy) is 1. The van der Waals surface area contributed by atoms with Gasteiger partial charge in [-0.1, -0.05) is 38.1 Å². The van der Waals surface area contributed by atoms with Crippen LogP contribution in [-0.4, -0.2) is 35.7 Å². The second-order valence-corrected chi connectivity index (χ2v) is 10.0. The lowest BCUT2D eigenvalue weighted by Crippen LogP contribution is -2.40. The van der Waals surface area contributed by atoms with Gasteiger partial charge in [0.1, 0.15) is 11.8 Å². The minimum absolute atomic E-state index is 0.0198. The third-order valence-electron chi connectivity index (χ3n) is 6.80. The first-order valence-corrected chi connectivity index (χ1v) is 12.6. The zero-order valence-electron chi connectivity index (χ0n) is 21.3. The van der Waals surface area contributed by atoms with Crippen LogP contribution >= 0.6 is 0 Å². The lowest BCUT2D eigenvalue weighted by molar-refractivity contribution is -0.125.